The summed E-state index contributed by atoms with van der Waals surface area (Å²) in [5.74, 6) is -0.434. The summed E-state index contributed by atoms with van der Waals surface area (Å²) in [6, 6.07) is 7.07. The summed E-state index contributed by atoms with van der Waals surface area (Å²) >= 11 is 0. The van der Waals surface area contributed by atoms with E-state index in [1.54, 1.807) is 6.07 Å². The molecule has 3 heteroatoms. The second-order valence-corrected chi connectivity index (χ2v) is 4.74. The molecule has 0 saturated heterocycles. The van der Waals surface area contributed by atoms with Crippen LogP contribution in [0.5, 0.6) is 0 Å². The Balaban J connectivity index is 2.99. The summed E-state index contributed by atoms with van der Waals surface area (Å²) in [5, 5.41) is 9.08. The van der Waals surface area contributed by atoms with E-state index in [1.807, 2.05) is 12.1 Å². The first kappa shape index (κ1) is 14.5. The van der Waals surface area contributed by atoms with Crippen LogP contribution in [-0.2, 0) is 0 Å². The molecule has 0 aliphatic heterocycles. The summed E-state index contributed by atoms with van der Waals surface area (Å²) in [6.07, 6.45) is 3.37. The van der Waals surface area contributed by atoms with Crippen molar-refractivity contribution < 1.29 is 4.39 Å². The highest BCUT2D eigenvalue weighted by atomic mass is 19.1. The lowest BCUT2D eigenvalue weighted by molar-refractivity contribution is 0.607. The molecule has 0 heterocycles. The Morgan fingerprint density at radius 1 is 1.33 bits per heavy atom. The lowest BCUT2D eigenvalue weighted by Gasteiger charge is -2.30. The normalized spacial score (nSPS) is 10.4. The van der Waals surface area contributed by atoms with Gasteiger partial charge in [-0.15, -0.1) is 0 Å². The van der Waals surface area contributed by atoms with Gasteiger partial charge in [-0.3, -0.25) is 0 Å². The molecule has 0 saturated carbocycles. The van der Waals surface area contributed by atoms with Crippen molar-refractivity contribution in [2.24, 2.45) is 0 Å². The van der Waals surface area contributed by atoms with Crippen LogP contribution in [-0.4, -0.2) is 12.6 Å². The third-order valence-corrected chi connectivity index (χ3v) is 3.04. The quantitative estimate of drug-likeness (QED) is 0.709. The van der Waals surface area contributed by atoms with Gasteiger partial charge in [-0.2, -0.15) is 5.26 Å². The van der Waals surface area contributed by atoms with Crippen LogP contribution in [0.25, 0.3) is 0 Å². The summed E-state index contributed by atoms with van der Waals surface area (Å²) in [7, 11) is 0. The van der Waals surface area contributed by atoms with E-state index in [4.69, 9.17) is 5.26 Å². The summed E-state index contributed by atoms with van der Waals surface area (Å²) < 4.78 is 13.6. The first-order valence-corrected chi connectivity index (χ1v) is 6.57. The van der Waals surface area contributed by atoms with Crippen LogP contribution in [0.4, 0.5) is 10.1 Å². The molecular formula is C15H21FN2. The molecular weight excluding hydrogens is 227 g/mol. The standard InChI is InChI=1S/C15H21FN2/c1-4-5-6-10-18(12(2)3)15-9-7-8-14(16)13(15)11-17/h7-9,12H,4-6,10H2,1-3H3. The molecule has 0 radical (unpaired) electrons. The van der Waals surface area contributed by atoms with E-state index in [0.29, 0.717) is 5.69 Å². The van der Waals surface area contributed by atoms with Crippen molar-refractivity contribution in [2.75, 3.05) is 11.4 Å². The molecule has 18 heavy (non-hydrogen) atoms. The number of halogens is 1. The van der Waals surface area contributed by atoms with Crippen LogP contribution in [0.3, 0.4) is 0 Å². The first-order valence-electron chi connectivity index (χ1n) is 6.57. The molecule has 0 spiro atoms. The van der Waals surface area contributed by atoms with Crippen molar-refractivity contribution in [3.63, 3.8) is 0 Å². The van der Waals surface area contributed by atoms with Gasteiger partial charge < -0.3 is 4.90 Å². The van der Waals surface area contributed by atoms with E-state index in [-0.39, 0.29) is 11.6 Å². The van der Waals surface area contributed by atoms with E-state index in [9.17, 15) is 4.39 Å². The van der Waals surface area contributed by atoms with Crippen molar-refractivity contribution in [1.29, 1.82) is 5.26 Å². The topological polar surface area (TPSA) is 27.0 Å². The Hall–Kier alpha value is -1.56. The summed E-state index contributed by atoms with van der Waals surface area (Å²) in [6.45, 7) is 7.16. The molecule has 1 aromatic rings. The molecule has 0 aliphatic carbocycles. The number of hydrogen-bond acceptors (Lipinski definition) is 2. The molecule has 0 atom stereocenters. The lowest BCUT2D eigenvalue weighted by atomic mass is 10.1. The number of hydrogen-bond donors (Lipinski definition) is 0. The fourth-order valence-corrected chi connectivity index (χ4v) is 2.05. The van der Waals surface area contributed by atoms with Gasteiger partial charge in [0.15, 0.2) is 0 Å². The lowest BCUT2D eigenvalue weighted by Crippen LogP contribution is -2.32. The van der Waals surface area contributed by atoms with Gasteiger partial charge in [-0.25, -0.2) is 4.39 Å². The molecule has 0 aromatic heterocycles. The third-order valence-electron chi connectivity index (χ3n) is 3.04. The van der Waals surface area contributed by atoms with Crippen LogP contribution < -0.4 is 4.90 Å². The van der Waals surface area contributed by atoms with E-state index in [2.05, 4.69) is 25.7 Å². The number of nitriles is 1. The molecule has 0 bridgehead atoms. The second-order valence-electron chi connectivity index (χ2n) is 4.74. The summed E-state index contributed by atoms with van der Waals surface area (Å²) in [5.41, 5.74) is 0.867. The minimum Gasteiger partial charge on any atom is -0.368 e. The van der Waals surface area contributed by atoms with Gasteiger partial charge in [0.25, 0.3) is 0 Å². The van der Waals surface area contributed by atoms with Gasteiger partial charge in [0.05, 0.1) is 5.69 Å². The van der Waals surface area contributed by atoms with E-state index >= 15 is 0 Å². The zero-order valence-electron chi connectivity index (χ0n) is 11.4. The summed E-state index contributed by atoms with van der Waals surface area (Å²) in [4.78, 5) is 2.11. The molecule has 0 unspecified atom stereocenters. The molecule has 0 aliphatic rings. The number of anilines is 1. The van der Waals surface area contributed by atoms with Gasteiger partial charge in [-0.1, -0.05) is 25.8 Å². The predicted molar refractivity (Wildman–Crippen MR) is 73.1 cm³/mol. The monoisotopic (exact) mass is 248 g/mol. The van der Waals surface area contributed by atoms with Crippen LogP contribution in [0.2, 0.25) is 0 Å². The minimum atomic E-state index is -0.434. The highest BCUT2D eigenvalue weighted by Crippen LogP contribution is 2.24. The third kappa shape index (κ3) is 3.46. The van der Waals surface area contributed by atoms with Crippen LogP contribution in [0.1, 0.15) is 45.6 Å². The minimum absolute atomic E-state index is 0.155. The maximum Gasteiger partial charge on any atom is 0.143 e. The van der Waals surface area contributed by atoms with Crippen LogP contribution in [0, 0.1) is 17.1 Å². The van der Waals surface area contributed by atoms with Gasteiger partial charge in [0.2, 0.25) is 0 Å². The van der Waals surface area contributed by atoms with Gasteiger partial charge in [0.1, 0.15) is 17.4 Å². The maximum atomic E-state index is 13.6. The number of unbranched alkanes of at least 4 members (excludes halogenated alkanes) is 2. The molecule has 1 rings (SSSR count). The zero-order chi connectivity index (χ0) is 13.5. The van der Waals surface area contributed by atoms with Crippen molar-refractivity contribution in [1.82, 2.24) is 0 Å². The number of benzene rings is 1. The van der Waals surface area contributed by atoms with Crippen molar-refractivity contribution in [3.05, 3.63) is 29.6 Å². The van der Waals surface area contributed by atoms with Crippen LogP contribution >= 0.6 is 0 Å². The largest absolute Gasteiger partial charge is 0.368 e. The average Bonchev–Trinajstić information content (AvgIpc) is 2.34. The highest BCUT2D eigenvalue weighted by molar-refractivity contribution is 5.60. The first-order chi connectivity index (χ1) is 8.61. The smallest absolute Gasteiger partial charge is 0.143 e. The highest BCUT2D eigenvalue weighted by Gasteiger charge is 2.16. The molecule has 0 fully saturated rings. The maximum absolute atomic E-state index is 13.6. The Bertz CT molecular complexity index is 421. The second kappa shape index (κ2) is 7.00. The van der Waals surface area contributed by atoms with Crippen molar-refractivity contribution in [3.8, 4) is 6.07 Å². The molecule has 1 aromatic carbocycles. The Kier molecular flexibility index (Phi) is 5.64. The molecule has 2 nitrogen and oxygen atoms in total. The van der Waals surface area contributed by atoms with E-state index < -0.39 is 5.82 Å². The SMILES string of the molecule is CCCCCN(c1cccc(F)c1C#N)C(C)C. The fourth-order valence-electron chi connectivity index (χ4n) is 2.05. The predicted octanol–water partition coefficient (Wildman–Crippen LogP) is 4.10. The number of rotatable bonds is 6. The molecule has 98 valence electrons. The Morgan fingerprint density at radius 2 is 2.06 bits per heavy atom. The van der Waals surface area contributed by atoms with Gasteiger partial charge in [-0.05, 0) is 32.4 Å². The van der Waals surface area contributed by atoms with Gasteiger partial charge >= 0.3 is 0 Å². The molecule has 0 amide bonds. The fraction of sp³-hybridized carbons (Fsp3) is 0.533. The molecule has 0 N–H and O–H groups in total. The Morgan fingerprint density at radius 3 is 2.61 bits per heavy atom. The zero-order valence-corrected chi connectivity index (χ0v) is 11.4. The Labute approximate surface area is 109 Å². The van der Waals surface area contributed by atoms with Crippen molar-refractivity contribution >= 4 is 5.69 Å². The van der Waals surface area contributed by atoms with Gasteiger partial charge in [0, 0.05) is 12.6 Å². The van der Waals surface area contributed by atoms with E-state index in [0.717, 1.165) is 25.8 Å². The van der Waals surface area contributed by atoms with E-state index in [1.165, 1.54) is 6.07 Å². The van der Waals surface area contributed by atoms with Crippen molar-refractivity contribution in [2.45, 2.75) is 46.1 Å². The van der Waals surface area contributed by atoms with Crippen LogP contribution in [0.15, 0.2) is 18.2 Å². The number of nitrogens with zero attached hydrogens (tertiary/aromatic N) is 2. The average molecular weight is 248 g/mol.